The molecule has 4 aliphatic carbocycles. The summed E-state index contributed by atoms with van der Waals surface area (Å²) in [5.41, 5.74) is 1.66. The van der Waals surface area contributed by atoms with Gasteiger partial charge in [0.05, 0.1) is 17.4 Å². The van der Waals surface area contributed by atoms with Crippen LogP contribution in [0.4, 0.5) is 5.00 Å². The minimum absolute atomic E-state index is 0.0702. The fraction of sp³-hybridized carbons (Fsp3) is 0.526. The van der Waals surface area contributed by atoms with Crippen LogP contribution >= 0.6 is 11.3 Å². The maximum atomic E-state index is 13.1. The predicted octanol–water partition coefficient (Wildman–Crippen LogP) is 3.20. The molecule has 2 heterocycles. The highest BCUT2D eigenvalue weighted by Crippen LogP contribution is 2.52. The highest BCUT2D eigenvalue weighted by Gasteiger charge is 2.57. The molecule has 0 unspecified atom stereocenters. The molecule has 6 rings (SSSR count). The molecule has 1 aromatic rings. The van der Waals surface area contributed by atoms with E-state index in [2.05, 4.69) is 18.2 Å². The first-order valence-electron chi connectivity index (χ1n) is 8.81. The molecular weight excluding hydrogens is 320 g/mol. The molecule has 5 aliphatic rings. The Labute approximate surface area is 144 Å². The Morgan fingerprint density at radius 2 is 1.67 bits per heavy atom. The lowest BCUT2D eigenvalue weighted by atomic mass is 9.63. The van der Waals surface area contributed by atoms with Crippen molar-refractivity contribution in [3.63, 3.8) is 0 Å². The van der Waals surface area contributed by atoms with Crippen molar-refractivity contribution in [1.82, 2.24) is 0 Å². The zero-order valence-corrected chi connectivity index (χ0v) is 14.1. The SMILES string of the molecule is N#Cc1c(N2C(=O)[C@@H]3[C@@H](C2=O)[C@H]2C=C[C@H]3CC2)sc2c1CCCC2. The topological polar surface area (TPSA) is 61.2 Å². The van der Waals surface area contributed by atoms with Crippen molar-refractivity contribution < 1.29 is 9.59 Å². The minimum atomic E-state index is -0.202. The summed E-state index contributed by atoms with van der Waals surface area (Å²) in [5, 5.41) is 10.3. The Kier molecular flexibility index (Phi) is 3.02. The third-order valence-electron chi connectivity index (χ3n) is 6.23. The van der Waals surface area contributed by atoms with Crippen molar-refractivity contribution in [3.8, 4) is 6.07 Å². The molecule has 24 heavy (non-hydrogen) atoms. The van der Waals surface area contributed by atoms with Crippen molar-refractivity contribution in [2.75, 3.05) is 4.90 Å². The van der Waals surface area contributed by atoms with Crippen molar-refractivity contribution in [2.45, 2.75) is 38.5 Å². The number of aryl methyl sites for hydroxylation is 1. The summed E-state index contributed by atoms with van der Waals surface area (Å²) in [6.45, 7) is 0. The van der Waals surface area contributed by atoms with E-state index in [1.165, 1.54) is 21.1 Å². The lowest BCUT2D eigenvalue weighted by Gasteiger charge is -2.38. The summed E-state index contributed by atoms with van der Waals surface area (Å²) >= 11 is 1.50. The van der Waals surface area contributed by atoms with Gasteiger partial charge in [0, 0.05) is 4.88 Å². The van der Waals surface area contributed by atoms with Gasteiger partial charge in [-0.1, -0.05) is 12.2 Å². The second-order valence-electron chi connectivity index (χ2n) is 7.36. The highest BCUT2D eigenvalue weighted by molar-refractivity contribution is 7.17. The lowest BCUT2D eigenvalue weighted by molar-refractivity contribution is -0.124. The molecule has 2 amide bonds. The lowest BCUT2D eigenvalue weighted by Crippen LogP contribution is -2.38. The fourth-order valence-electron chi connectivity index (χ4n) is 5.10. The van der Waals surface area contributed by atoms with E-state index in [9.17, 15) is 14.9 Å². The van der Waals surface area contributed by atoms with Gasteiger partial charge in [0.15, 0.2) is 0 Å². The maximum Gasteiger partial charge on any atom is 0.238 e. The zero-order valence-electron chi connectivity index (χ0n) is 13.3. The number of nitriles is 1. The smallest absolute Gasteiger partial charge is 0.238 e. The summed E-state index contributed by atoms with van der Waals surface area (Å²) in [6, 6.07) is 2.29. The quantitative estimate of drug-likeness (QED) is 0.583. The number of amides is 2. The van der Waals surface area contributed by atoms with Gasteiger partial charge in [0.25, 0.3) is 0 Å². The summed E-state index contributed by atoms with van der Waals surface area (Å²) < 4.78 is 0. The second-order valence-corrected chi connectivity index (χ2v) is 8.44. The molecule has 2 fully saturated rings. The monoisotopic (exact) mass is 338 g/mol. The zero-order chi connectivity index (χ0) is 16.4. The number of nitrogens with zero attached hydrogens (tertiary/aromatic N) is 2. The molecule has 4 atom stereocenters. The van der Waals surface area contributed by atoms with Crippen LogP contribution in [0.5, 0.6) is 0 Å². The number of thiophene rings is 1. The Hall–Kier alpha value is -1.93. The van der Waals surface area contributed by atoms with E-state index in [0.29, 0.717) is 10.6 Å². The Bertz CT molecular complexity index is 799. The van der Waals surface area contributed by atoms with Gasteiger partial charge in [-0.2, -0.15) is 5.26 Å². The fourth-order valence-corrected chi connectivity index (χ4v) is 6.45. The molecule has 0 N–H and O–H groups in total. The third-order valence-corrected chi connectivity index (χ3v) is 7.50. The summed E-state index contributed by atoms with van der Waals surface area (Å²) in [7, 11) is 0. The second kappa shape index (κ2) is 5.03. The van der Waals surface area contributed by atoms with E-state index in [4.69, 9.17) is 0 Å². The number of carbonyl (C=O) groups excluding carboxylic acids is 2. The van der Waals surface area contributed by atoms with Gasteiger partial charge in [-0.15, -0.1) is 11.3 Å². The van der Waals surface area contributed by atoms with Crippen LogP contribution in [0.2, 0.25) is 0 Å². The Morgan fingerprint density at radius 3 is 2.25 bits per heavy atom. The number of fused-ring (bicyclic) bond motifs is 2. The highest BCUT2D eigenvalue weighted by atomic mass is 32.1. The van der Waals surface area contributed by atoms with Gasteiger partial charge < -0.3 is 0 Å². The first-order chi connectivity index (χ1) is 11.7. The van der Waals surface area contributed by atoms with Gasteiger partial charge in [0.1, 0.15) is 11.1 Å². The normalized spacial score (nSPS) is 33.5. The largest absolute Gasteiger partial charge is 0.274 e. The van der Waals surface area contributed by atoms with Crippen molar-refractivity contribution in [3.05, 3.63) is 28.2 Å². The van der Waals surface area contributed by atoms with Crippen molar-refractivity contribution in [2.24, 2.45) is 23.7 Å². The van der Waals surface area contributed by atoms with E-state index in [1.807, 2.05) is 0 Å². The summed E-state index contributed by atoms with van der Waals surface area (Å²) in [4.78, 5) is 28.8. The molecule has 0 radical (unpaired) electrons. The molecule has 1 aliphatic heterocycles. The van der Waals surface area contributed by atoms with E-state index in [0.717, 1.165) is 44.1 Å². The van der Waals surface area contributed by atoms with E-state index >= 15 is 0 Å². The summed E-state index contributed by atoms with van der Waals surface area (Å²) in [6.07, 6.45) is 10.3. The van der Waals surface area contributed by atoms with Gasteiger partial charge in [-0.25, -0.2) is 4.90 Å². The van der Waals surface area contributed by atoms with Crippen LogP contribution in [-0.2, 0) is 22.4 Å². The molecule has 1 saturated carbocycles. The van der Waals surface area contributed by atoms with Gasteiger partial charge >= 0.3 is 0 Å². The molecule has 5 heteroatoms. The van der Waals surface area contributed by atoms with E-state index < -0.39 is 0 Å². The predicted molar refractivity (Wildman–Crippen MR) is 90.5 cm³/mol. The molecule has 122 valence electrons. The van der Waals surface area contributed by atoms with Crippen LogP contribution in [0.3, 0.4) is 0 Å². The van der Waals surface area contributed by atoms with Crippen LogP contribution in [-0.4, -0.2) is 11.8 Å². The molecule has 0 aromatic carbocycles. The molecular formula is C19H18N2O2S. The van der Waals surface area contributed by atoms with E-state index in [-0.39, 0.29) is 35.5 Å². The van der Waals surface area contributed by atoms with Gasteiger partial charge in [0.2, 0.25) is 11.8 Å². The number of carbonyl (C=O) groups is 2. The average molecular weight is 338 g/mol. The van der Waals surface area contributed by atoms with Crippen LogP contribution < -0.4 is 4.90 Å². The van der Waals surface area contributed by atoms with Crippen LogP contribution in [0.25, 0.3) is 0 Å². The Balaban J connectivity index is 1.61. The number of anilines is 1. The van der Waals surface area contributed by atoms with Gasteiger partial charge in [-0.05, 0) is 55.9 Å². The third kappa shape index (κ3) is 1.72. The summed E-state index contributed by atoms with van der Waals surface area (Å²) in [5.74, 6) is -0.153. The number of allylic oxidation sites excluding steroid dienone is 2. The number of hydrogen-bond donors (Lipinski definition) is 0. The molecule has 1 saturated heterocycles. The molecule has 2 bridgehead atoms. The molecule has 4 nitrogen and oxygen atoms in total. The first-order valence-corrected chi connectivity index (χ1v) is 9.63. The van der Waals surface area contributed by atoms with Crippen molar-refractivity contribution in [1.29, 1.82) is 5.26 Å². The average Bonchev–Trinajstić information content (AvgIpc) is 3.12. The minimum Gasteiger partial charge on any atom is -0.274 e. The van der Waals surface area contributed by atoms with Crippen LogP contribution in [0, 0.1) is 35.0 Å². The number of hydrogen-bond acceptors (Lipinski definition) is 4. The van der Waals surface area contributed by atoms with Gasteiger partial charge in [-0.3, -0.25) is 9.59 Å². The number of imide groups is 1. The maximum absolute atomic E-state index is 13.1. The van der Waals surface area contributed by atoms with Crippen LogP contribution in [0.15, 0.2) is 12.2 Å². The number of rotatable bonds is 1. The molecule has 1 aromatic heterocycles. The van der Waals surface area contributed by atoms with Crippen molar-refractivity contribution >= 4 is 28.2 Å². The van der Waals surface area contributed by atoms with Crippen LogP contribution in [0.1, 0.15) is 41.7 Å². The standard InChI is InChI=1S/C19H18N2O2S/c20-9-13-12-3-1-2-4-14(12)24-19(13)21-17(22)15-10-5-6-11(8-7-10)16(15)18(21)23/h5-6,10-11,15-16H,1-4,7-8H2/t10-,11-,15-,16-/m0/s1. The Morgan fingerprint density at radius 1 is 1.04 bits per heavy atom. The first kappa shape index (κ1) is 14.4. The van der Waals surface area contributed by atoms with E-state index in [1.54, 1.807) is 0 Å². The molecule has 0 spiro atoms.